The van der Waals surface area contributed by atoms with Crippen molar-refractivity contribution in [2.24, 2.45) is 10.2 Å². The van der Waals surface area contributed by atoms with E-state index in [2.05, 4.69) is 10.2 Å². The van der Waals surface area contributed by atoms with Gasteiger partial charge >= 0.3 is 0 Å². The molecule has 0 radical (unpaired) electrons. The normalized spacial score (nSPS) is 11.1. The highest BCUT2D eigenvalue weighted by Crippen LogP contribution is 2.31. The quantitative estimate of drug-likeness (QED) is 0.407. The number of aromatic nitrogens is 1. The monoisotopic (exact) mass is 336 g/mol. The molecule has 0 saturated carbocycles. The number of nitrogens with zero attached hydrogens (tertiary/aromatic N) is 4. The fraction of sp³-hybridized carbons (Fsp3) is 0.111. The SMILES string of the molecule is Cc1ccc(C)n1-c1ccc(N=Nc2ccc([N+](=O)[O-])cc2)c(O)c1. The van der Waals surface area contributed by atoms with Crippen LogP contribution in [0.15, 0.2) is 64.8 Å². The minimum absolute atomic E-state index is 0.00987. The van der Waals surface area contributed by atoms with Crippen LogP contribution in [0.2, 0.25) is 0 Å². The van der Waals surface area contributed by atoms with Gasteiger partial charge in [0.2, 0.25) is 0 Å². The molecule has 25 heavy (non-hydrogen) atoms. The Kier molecular flexibility index (Phi) is 4.30. The summed E-state index contributed by atoms with van der Waals surface area (Å²) in [6, 6.07) is 14.9. The van der Waals surface area contributed by atoms with Gasteiger partial charge in [-0.1, -0.05) is 0 Å². The van der Waals surface area contributed by atoms with Gasteiger partial charge in [0.1, 0.15) is 11.4 Å². The van der Waals surface area contributed by atoms with Crippen LogP contribution in [0, 0.1) is 24.0 Å². The van der Waals surface area contributed by atoms with Crippen LogP contribution in [-0.4, -0.2) is 14.6 Å². The fourth-order valence-corrected chi connectivity index (χ4v) is 2.56. The molecule has 0 aliphatic rings. The van der Waals surface area contributed by atoms with E-state index in [0.717, 1.165) is 17.1 Å². The van der Waals surface area contributed by atoms with Gasteiger partial charge in [0.15, 0.2) is 0 Å². The first-order chi connectivity index (χ1) is 12.0. The van der Waals surface area contributed by atoms with Gasteiger partial charge in [0.05, 0.1) is 10.6 Å². The van der Waals surface area contributed by atoms with E-state index < -0.39 is 4.92 Å². The zero-order chi connectivity index (χ0) is 18.0. The van der Waals surface area contributed by atoms with Crippen molar-refractivity contribution in [2.75, 3.05) is 0 Å². The van der Waals surface area contributed by atoms with Crippen LogP contribution in [0.1, 0.15) is 11.4 Å². The Balaban J connectivity index is 1.85. The smallest absolute Gasteiger partial charge is 0.269 e. The number of hydrogen-bond donors (Lipinski definition) is 1. The summed E-state index contributed by atoms with van der Waals surface area (Å²) < 4.78 is 2.02. The lowest BCUT2D eigenvalue weighted by molar-refractivity contribution is -0.384. The maximum absolute atomic E-state index is 10.6. The van der Waals surface area contributed by atoms with Crippen molar-refractivity contribution in [1.82, 2.24) is 4.57 Å². The predicted octanol–water partition coefficient (Wildman–Crippen LogP) is 5.12. The van der Waals surface area contributed by atoms with E-state index in [1.54, 1.807) is 12.1 Å². The van der Waals surface area contributed by atoms with E-state index >= 15 is 0 Å². The van der Waals surface area contributed by atoms with Crippen molar-refractivity contribution in [3.63, 3.8) is 0 Å². The molecule has 1 N–H and O–H groups in total. The van der Waals surface area contributed by atoms with E-state index in [0.29, 0.717) is 11.4 Å². The lowest BCUT2D eigenvalue weighted by Crippen LogP contribution is -1.97. The molecule has 7 heteroatoms. The summed E-state index contributed by atoms with van der Waals surface area (Å²) in [4.78, 5) is 10.2. The Bertz CT molecular complexity index is 939. The third-order valence-corrected chi connectivity index (χ3v) is 3.82. The van der Waals surface area contributed by atoms with Gasteiger partial charge in [-0.05, 0) is 50.2 Å². The summed E-state index contributed by atoms with van der Waals surface area (Å²) in [5.74, 6) is 0.00987. The molecule has 126 valence electrons. The molecule has 0 saturated heterocycles. The summed E-state index contributed by atoms with van der Waals surface area (Å²) in [6.45, 7) is 3.98. The number of nitro groups is 1. The molecule has 0 amide bonds. The van der Waals surface area contributed by atoms with E-state index in [1.165, 1.54) is 24.3 Å². The average Bonchev–Trinajstić information content (AvgIpc) is 2.93. The molecular formula is C18H16N4O3. The van der Waals surface area contributed by atoms with E-state index in [1.807, 2.05) is 36.6 Å². The summed E-state index contributed by atoms with van der Waals surface area (Å²) in [6.07, 6.45) is 0. The molecule has 3 aromatic rings. The molecule has 0 aliphatic carbocycles. The highest BCUT2D eigenvalue weighted by Gasteiger charge is 2.08. The minimum atomic E-state index is -0.475. The second kappa shape index (κ2) is 6.56. The number of phenols is 1. The number of aryl methyl sites for hydroxylation is 2. The number of nitro benzene ring substituents is 1. The number of aromatic hydroxyl groups is 1. The summed E-state index contributed by atoms with van der Waals surface area (Å²) in [5.41, 5.74) is 3.75. The Morgan fingerprint density at radius 3 is 2.16 bits per heavy atom. The molecule has 0 bridgehead atoms. The third-order valence-electron chi connectivity index (χ3n) is 3.82. The van der Waals surface area contributed by atoms with Crippen molar-refractivity contribution < 1.29 is 10.0 Å². The highest BCUT2D eigenvalue weighted by molar-refractivity contribution is 5.57. The molecule has 1 aromatic heterocycles. The maximum atomic E-state index is 10.6. The molecule has 1 heterocycles. The number of phenolic OH excluding ortho intramolecular Hbond substituents is 1. The van der Waals surface area contributed by atoms with Crippen LogP contribution in [0.4, 0.5) is 17.1 Å². The van der Waals surface area contributed by atoms with Crippen LogP contribution in [-0.2, 0) is 0 Å². The van der Waals surface area contributed by atoms with Gasteiger partial charge in [-0.25, -0.2) is 0 Å². The summed E-state index contributed by atoms with van der Waals surface area (Å²) in [7, 11) is 0. The molecule has 7 nitrogen and oxygen atoms in total. The molecular weight excluding hydrogens is 320 g/mol. The Labute approximate surface area is 144 Å². The number of rotatable bonds is 4. The van der Waals surface area contributed by atoms with Crippen molar-refractivity contribution >= 4 is 17.1 Å². The molecule has 0 atom stereocenters. The van der Waals surface area contributed by atoms with Crippen LogP contribution in [0.5, 0.6) is 5.75 Å². The first kappa shape index (κ1) is 16.4. The third kappa shape index (κ3) is 3.40. The Morgan fingerprint density at radius 1 is 0.960 bits per heavy atom. The Hall–Kier alpha value is -3.48. The van der Waals surface area contributed by atoms with Gasteiger partial charge in [-0.3, -0.25) is 10.1 Å². The van der Waals surface area contributed by atoms with Crippen molar-refractivity contribution in [3.05, 3.63) is 76.1 Å². The maximum Gasteiger partial charge on any atom is 0.269 e. The summed E-state index contributed by atoms with van der Waals surface area (Å²) in [5, 5.41) is 28.9. The predicted molar refractivity (Wildman–Crippen MR) is 94.2 cm³/mol. The van der Waals surface area contributed by atoms with Gasteiger partial charge in [0.25, 0.3) is 5.69 Å². The molecule has 0 fully saturated rings. The zero-order valence-corrected chi connectivity index (χ0v) is 13.7. The average molecular weight is 336 g/mol. The first-order valence-corrected chi connectivity index (χ1v) is 7.60. The molecule has 0 aliphatic heterocycles. The molecule has 2 aromatic carbocycles. The topological polar surface area (TPSA) is 93.0 Å². The molecule has 0 unspecified atom stereocenters. The second-order valence-electron chi connectivity index (χ2n) is 5.60. The van der Waals surface area contributed by atoms with Gasteiger partial charge in [-0.2, -0.15) is 5.11 Å². The van der Waals surface area contributed by atoms with Crippen LogP contribution in [0.25, 0.3) is 5.69 Å². The second-order valence-corrected chi connectivity index (χ2v) is 5.60. The van der Waals surface area contributed by atoms with Gasteiger partial charge in [-0.15, -0.1) is 5.11 Å². The van der Waals surface area contributed by atoms with Crippen LogP contribution >= 0.6 is 0 Å². The highest BCUT2D eigenvalue weighted by atomic mass is 16.6. The number of benzene rings is 2. The molecule has 3 rings (SSSR count). The standard InChI is InChI=1S/C18H16N4O3/c1-12-3-4-13(2)21(12)16-9-10-17(18(23)11-16)20-19-14-5-7-15(8-6-14)22(24)25/h3-11,23H,1-2H3. The van der Waals surface area contributed by atoms with Gasteiger partial charge in [0, 0.05) is 35.3 Å². The molecule has 0 spiro atoms. The lowest BCUT2D eigenvalue weighted by Gasteiger charge is -2.10. The minimum Gasteiger partial charge on any atom is -0.506 e. The lowest BCUT2D eigenvalue weighted by atomic mass is 10.2. The van der Waals surface area contributed by atoms with E-state index in [-0.39, 0.29) is 11.4 Å². The first-order valence-electron chi connectivity index (χ1n) is 7.60. The fourth-order valence-electron chi connectivity index (χ4n) is 2.56. The largest absolute Gasteiger partial charge is 0.506 e. The van der Waals surface area contributed by atoms with Crippen molar-refractivity contribution in [1.29, 1.82) is 0 Å². The summed E-state index contributed by atoms with van der Waals surface area (Å²) >= 11 is 0. The number of azo groups is 1. The number of non-ortho nitro benzene ring substituents is 1. The number of hydrogen-bond acceptors (Lipinski definition) is 5. The Morgan fingerprint density at radius 2 is 1.60 bits per heavy atom. The van der Waals surface area contributed by atoms with Crippen molar-refractivity contribution in [3.8, 4) is 11.4 Å². The van der Waals surface area contributed by atoms with Crippen LogP contribution < -0.4 is 0 Å². The zero-order valence-electron chi connectivity index (χ0n) is 13.7. The van der Waals surface area contributed by atoms with E-state index in [4.69, 9.17) is 0 Å². The van der Waals surface area contributed by atoms with Crippen molar-refractivity contribution in [2.45, 2.75) is 13.8 Å². The van der Waals surface area contributed by atoms with E-state index in [9.17, 15) is 15.2 Å². The van der Waals surface area contributed by atoms with Gasteiger partial charge < -0.3 is 9.67 Å². The van der Waals surface area contributed by atoms with Crippen LogP contribution in [0.3, 0.4) is 0 Å².